The third kappa shape index (κ3) is 3.73. The number of benzene rings is 3. The van der Waals surface area contributed by atoms with E-state index in [1.54, 1.807) is 6.08 Å². The fraction of sp³-hybridized carbons (Fsp3) is 0. The Labute approximate surface area is 154 Å². The molecule has 0 heterocycles. The van der Waals surface area contributed by atoms with Crippen LogP contribution >= 0.6 is 34.8 Å². The number of rotatable bonds is 3. The average Bonchev–Trinajstić information content (AvgIpc) is 2.58. The van der Waals surface area contributed by atoms with Crippen LogP contribution in [0.3, 0.4) is 0 Å². The van der Waals surface area contributed by atoms with Gasteiger partial charge in [0.2, 0.25) is 5.91 Å². The quantitative estimate of drug-likeness (QED) is 0.413. The molecule has 120 valence electrons. The highest BCUT2D eigenvalue weighted by Gasteiger charge is 2.08. The molecule has 2 nitrogen and oxygen atoms in total. The molecule has 0 bridgehead atoms. The summed E-state index contributed by atoms with van der Waals surface area (Å²) in [4.78, 5) is 12.1. The Morgan fingerprint density at radius 3 is 2.42 bits per heavy atom. The van der Waals surface area contributed by atoms with Gasteiger partial charge in [0.25, 0.3) is 0 Å². The lowest BCUT2D eigenvalue weighted by Crippen LogP contribution is -2.08. The monoisotopic (exact) mass is 375 g/mol. The molecule has 1 N–H and O–H groups in total. The van der Waals surface area contributed by atoms with Crippen molar-refractivity contribution < 1.29 is 4.79 Å². The van der Waals surface area contributed by atoms with E-state index in [0.717, 1.165) is 16.3 Å². The Kier molecular flexibility index (Phi) is 5.10. The summed E-state index contributed by atoms with van der Waals surface area (Å²) < 4.78 is 0. The molecule has 0 radical (unpaired) electrons. The van der Waals surface area contributed by atoms with Crippen molar-refractivity contribution in [2.24, 2.45) is 0 Å². The zero-order chi connectivity index (χ0) is 17.1. The third-order valence-electron chi connectivity index (χ3n) is 3.51. The Hall–Kier alpha value is -2.00. The summed E-state index contributed by atoms with van der Waals surface area (Å²) in [6.07, 6.45) is 3.23. The van der Waals surface area contributed by atoms with E-state index in [4.69, 9.17) is 34.8 Å². The zero-order valence-electron chi connectivity index (χ0n) is 12.4. The third-order valence-corrected chi connectivity index (χ3v) is 4.54. The molecule has 5 heteroatoms. The van der Waals surface area contributed by atoms with Crippen LogP contribution in [-0.2, 0) is 4.79 Å². The average molecular weight is 377 g/mol. The molecule has 0 saturated heterocycles. The molecule has 3 rings (SSSR count). The van der Waals surface area contributed by atoms with Crippen LogP contribution in [0.2, 0.25) is 15.1 Å². The Morgan fingerprint density at radius 1 is 0.875 bits per heavy atom. The second-order valence-corrected chi connectivity index (χ2v) is 6.36. The van der Waals surface area contributed by atoms with Crippen molar-refractivity contribution in [2.75, 3.05) is 5.32 Å². The molecule has 3 aromatic carbocycles. The fourth-order valence-electron chi connectivity index (χ4n) is 2.35. The predicted octanol–water partition coefficient (Wildman–Crippen LogP) is 6.45. The van der Waals surface area contributed by atoms with Crippen molar-refractivity contribution >= 4 is 63.2 Å². The van der Waals surface area contributed by atoms with Crippen LogP contribution in [0.25, 0.3) is 16.8 Å². The first-order valence-corrected chi connectivity index (χ1v) is 8.29. The van der Waals surface area contributed by atoms with E-state index in [-0.39, 0.29) is 5.91 Å². The molecule has 0 saturated carbocycles. The van der Waals surface area contributed by atoms with E-state index in [9.17, 15) is 4.79 Å². The maximum atomic E-state index is 12.1. The molecule has 0 fully saturated rings. The molecule has 0 atom stereocenters. The van der Waals surface area contributed by atoms with Crippen LogP contribution in [0.4, 0.5) is 5.69 Å². The lowest BCUT2D eigenvalue weighted by atomic mass is 10.0. The molecule has 3 aromatic rings. The van der Waals surface area contributed by atoms with E-state index in [1.165, 1.54) is 18.2 Å². The summed E-state index contributed by atoms with van der Waals surface area (Å²) in [5, 5.41) is 5.89. The SMILES string of the molecule is O=C(/C=C/c1cccc2ccccc12)Nc1cc(Cl)c(Cl)cc1Cl. The molecule has 0 spiro atoms. The summed E-state index contributed by atoms with van der Waals surface area (Å²) in [7, 11) is 0. The summed E-state index contributed by atoms with van der Waals surface area (Å²) in [5.74, 6) is -0.303. The first-order valence-electron chi connectivity index (χ1n) is 7.16. The maximum absolute atomic E-state index is 12.1. The molecule has 0 unspecified atom stereocenters. The van der Waals surface area contributed by atoms with E-state index in [0.29, 0.717) is 20.8 Å². The first-order chi connectivity index (χ1) is 11.5. The van der Waals surface area contributed by atoms with Gasteiger partial charge < -0.3 is 5.32 Å². The van der Waals surface area contributed by atoms with Gasteiger partial charge in [-0.2, -0.15) is 0 Å². The predicted molar refractivity (Wildman–Crippen MR) is 103 cm³/mol. The van der Waals surface area contributed by atoms with Crippen LogP contribution in [0.5, 0.6) is 0 Å². The molecule has 0 aromatic heterocycles. The summed E-state index contributed by atoms with van der Waals surface area (Å²) >= 11 is 17.9. The van der Waals surface area contributed by atoms with Gasteiger partial charge in [0.05, 0.1) is 20.8 Å². The van der Waals surface area contributed by atoms with Gasteiger partial charge in [0.15, 0.2) is 0 Å². The van der Waals surface area contributed by atoms with Gasteiger partial charge in [-0.05, 0) is 34.5 Å². The van der Waals surface area contributed by atoms with Gasteiger partial charge in [-0.1, -0.05) is 77.3 Å². The number of nitrogens with one attached hydrogen (secondary N) is 1. The van der Waals surface area contributed by atoms with Gasteiger partial charge in [0, 0.05) is 6.08 Å². The van der Waals surface area contributed by atoms with E-state index in [2.05, 4.69) is 5.32 Å². The molecular formula is C19H12Cl3NO. The number of hydrogen-bond donors (Lipinski definition) is 1. The summed E-state index contributed by atoms with van der Waals surface area (Å²) in [6.45, 7) is 0. The van der Waals surface area contributed by atoms with Crippen LogP contribution in [0.15, 0.2) is 60.7 Å². The fourth-order valence-corrected chi connectivity index (χ4v) is 2.95. The van der Waals surface area contributed by atoms with E-state index in [1.807, 2.05) is 42.5 Å². The number of fused-ring (bicyclic) bond motifs is 1. The summed E-state index contributed by atoms with van der Waals surface area (Å²) in [5.41, 5.74) is 1.38. The number of halogens is 3. The second kappa shape index (κ2) is 7.27. The lowest BCUT2D eigenvalue weighted by Gasteiger charge is -2.07. The van der Waals surface area contributed by atoms with Gasteiger partial charge in [-0.3, -0.25) is 4.79 Å². The van der Waals surface area contributed by atoms with Crippen LogP contribution in [-0.4, -0.2) is 5.91 Å². The number of amides is 1. The highest BCUT2D eigenvalue weighted by Crippen LogP contribution is 2.32. The minimum Gasteiger partial charge on any atom is -0.321 e. The minimum absolute atomic E-state index is 0.303. The number of hydrogen-bond acceptors (Lipinski definition) is 1. The lowest BCUT2D eigenvalue weighted by molar-refractivity contribution is -0.111. The number of anilines is 1. The highest BCUT2D eigenvalue weighted by molar-refractivity contribution is 6.44. The molecular weight excluding hydrogens is 365 g/mol. The van der Waals surface area contributed by atoms with Gasteiger partial charge in [-0.25, -0.2) is 0 Å². The zero-order valence-corrected chi connectivity index (χ0v) is 14.7. The van der Waals surface area contributed by atoms with Gasteiger partial charge in [-0.15, -0.1) is 0 Å². The van der Waals surface area contributed by atoms with Crippen molar-refractivity contribution in [1.82, 2.24) is 0 Å². The Balaban J connectivity index is 1.82. The number of carbonyl (C=O) groups is 1. The molecule has 1 amide bonds. The van der Waals surface area contributed by atoms with Crippen LogP contribution in [0.1, 0.15) is 5.56 Å². The topological polar surface area (TPSA) is 29.1 Å². The number of carbonyl (C=O) groups excluding carboxylic acids is 1. The Bertz CT molecular complexity index is 945. The normalized spacial score (nSPS) is 11.1. The standard InChI is InChI=1S/C19H12Cl3NO/c20-15-10-17(22)18(11-16(15)21)23-19(24)9-8-13-6-3-5-12-4-1-2-7-14(12)13/h1-11H,(H,23,24)/b9-8+. The molecule has 0 aliphatic rings. The molecule has 24 heavy (non-hydrogen) atoms. The first kappa shape index (κ1) is 16.8. The minimum atomic E-state index is -0.303. The second-order valence-electron chi connectivity index (χ2n) is 5.14. The summed E-state index contributed by atoms with van der Waals surface area (Å²) in [6, 6.07) is 17.0. The van der Waals surface area contributed by atoms with E-state index >= 15 is 0 Å². The van der Waals surface area contributed by atoms with E-state index < -0.39 is 0 Å². The van der Waals surface area contributed by atoms with Gasteiger partial charge in [0.1, 0.15) is 0 Å². The Morgan fingerprint density at radius 2 is 1.58 bits per heavy atom. The van der Waals surface area contributed by atoms with Crippen LogP contribution in [0, 0.1) is 0 Å². The van der Waals surface area contributed by atoms with Crippen molar-refractivity contribution in [2.45, 2.75) is 0 Å². The van der Waals surface area contributed by atoms with Crippen molar-refractivity contribution in [3.63, 3.8) is 0 Å². The van der Waals surface area contributed by atoms with Crippen molar-refractivity contribution in [1.29, 1.82) is 0 Å². The van der Waals surface area contributed by atoms with Crippen molar-refractivity contribution in [3.05, 3.63) is 81.3 Å². The van der Waals surface area contributed by atoms with Gasteiger partial charge >= 0.3 is 0 Å². The smallest absolute Gasteiger partial charge is 0.248 e. The highest BCUT2D eigenvalue weighted by atomic mass is 35.5. The largest absolute Gasteiger partial charge is 0.321 e. The van der Waals surface area contributed by atoms with Crippen LogP contribution < -0.4 is 5.32 Å². The molecule has 0 aliphatic heterocycles. The van der Waals surface area contributed by atoms with Crippen molar-refractivity contribution in [3.8, 4) is 0 Å². The molecule has 0 aliphatic carbocycles. The maximum Gasteiger partial charge on any atom is 0.248 e.